The molecular weight excluding hydrogens is 242 g/mol. The summed E-state index contributed by atoms with van der Waals surface area (Å²) in [6, 6.07) is 1.06. The Bertz CT molecular complexity index is 263. The SMILES string of the molecule is CCOC(=O)N1CCC(NC(C)CCN(C)C)CC1. The molecule has 0 aromatic carbocycles. The Morgan fingerprint density at radius 1 is 1.42 bits per heavy atom. The summed E-state index contributed by atoms with van der Waals surface area (Å²) in [5, 5.41) is 3.66. The van der Waals surface area contributed by atoms with Crippen LogP contribution in [0.1, 0.15) is 33.1 Å². The van der Waals surface area contributed by atoms with E-state index in [0.717, 1.165) is 38.9 Å². The zero-order valence-corrected chi connectivity index (χ0v) is 12.8. The number of piperidine rings is 1. The number of ether oxygens (including phenoxy) is 1. The van der Waals surface area contributed by atoms with Crippen molar-refractivity contribution in [2.24, 2.45) is 0 Å². The van der Waals surface area contributed by atoms with Crippen molar-refractivity contribution in [3.05, 3.63) is 0 Å². The Morgan fingerprint density at radius 2 is 2.05 bits per heavy atom. The number of hydrogen-bond donors (Lipinski definition) is 1. The molecule has 1 unspecified atom stereocenters. The lowest BCUT2D eigenvalue weighted by Crippen LogP contribution is -2.47. The predicted molar refractivity (Wildman–Crippen MR) is 77.4 cm³/mol. The van der Waals surface area contributed by atoms with E-state index in [1.54, 1.807) is 0 Å². The highest BCUT2D eigenvalue weighted by atomic mass is 16.6. The fourth-order valence-electron chi connectivity index (χ4n) is 2.38. The largest absolute Gasteiger partial charge is 0.450 e. The molecule has 1 aliphatic rings. The van der Waals surface area contributed by atoms with Gasteiger partial charge >= 0.3 is 6.09 Å². The second-order valence-electron chi connectivity index (χ2n) is 5.62. The molecule has 0 aromatic rings. The normalized spacial score (nSPS) is 18.7. The molecule has 0 aliphatic carbocycles. The van der Waals surface area contributed by atoms with Crippen LogP contribution in [0.5, 0.6) is 0 Å². The molecule has 0 radical (unpaired) electrons. The lowest BCUT2D eigenvalue weighted by atomic mass is 10.0. The molecule has 0 saturated carbocycles. The summed E-state index contributed by atoms with van der Waals surface area (Å²) in [4.78, 5) is 15.6. The number of likely N-dealkylation sites (tertiary alicyclic amines) is 1. The van der Waals surface area contributed by atoms with E-state index in [-0.39, 0.29) is 6.09 Å². The van der Waals surface area contributed by atoms with Gasteiger partial charge in [0.2, 0.25) is 0 Å². The van der Waals surface area contributed by atoms with Gasteiger partial charge in [-0.2, -0.15) is 0 Å². The van der Waals surface area contributed by atoms with E-state index in [0.29, 0.717) is 18.7 Å². The van der Waals surface area contributed by atoms with Crippen LogP contribution in [0.4, 0.5) is 4.79 Å². The molecular formula is C14H29N3O2. The maximum atomic E-state index is 11.6. The summed E-state index contributed by atoms with van der Waals surface area (Å²) in [6.07, 6.45) is 3.03. The van der Waals surface area contributed by atoms with E-state index in [1.165, 1.54) is 0 Å². The van der Waals surface area contributed by atoms with Gasteiger partial charge in [0.05, 0.1) is 6.61 Å². The first-order chi connectivity index (χ1) is 9.02. The number of carbonyl (C=O) groups is 1. The van der Waals surface area contributed by atoms with E-state index in [1.807, 2.05) is 11.8 Å². The first-order valence-electron chi connectivity index (χ1n) is 7.35. The molecule has 0 spiro atoms. The van der Waals surface area contributed by atoms with Gasteiger partial charge in [-0.1, -0.05) is 0 Å². The molecule has 1 rings (SSSR count). The molecule has 19 heavy (non-hydrogen) atoms. The van der Waals surface area contributed by atoms with E-state index in [2.05, 4.69) is 31.2 Å². The van der Waals surface area contributed by atoms with E-state index in [9.17, 15) is 4.79 Å². The maximum Gasteiger partial charge on any atom is 0.409 e. The van der Waals surface area contributed by atoms with Gasteiger partial charge in [0.1, 0.15) is 0 Å². The molecule has 1 aliphatic heterocycles. The number of nitrogens with zero attached hydrogens (tertiary/aromatic N) is 2. The fraction of sp³-hybridized carbons (Fsp3) is 0.929. The minimum atomic E-state index is -0.165. The van der Waals surface area contributed by atoms with Crippen LogP contribution in [0.2, 0.25) is 0 Å². The molecule has 0 aromatic heterocycles. The van der Waals surface area contributed by atoms with Crippen LogP contribution in [0, 0.1) is 0 Å². The van der Waals surface area contributed by atoms with Crippen LogP contribution < -0.4 is 5.32 Å². The second kappa shape index (κ2) is 8.38. The van der Waals surface area contributed by atoms with Crippen molar-refractivity contribution in [2.75, 3.05) is 40.3 Å². The van der Waals surface area contributed by atoms with Gasteiger partial charge in [0.15, 0.2) is 0 Å². The molecule has 112 valence electrons. The van der Waals surface area contributed by atoms with Crippen molar-refractivity contribution in [2.45, 2.75) is 45.2 Å². The summed E-state index contributed by atoms with van der Waals surface area (Å²) in [7, 11) is 4.20. The quantitative estimate of drug-likeness (QED) is 0.796. The van der Waals surface area contributed by atoms with Crippen molar-refractivity contribution >= 4 is 6.09 Å². The highest BCUT2D eigenvalue weighted by Gasteiger charge is 2.24. The topological polar surface area (TPSA) is 44.8 Å². The van der Waals surface area contributed by atoms with Crippen molar-refractivity contribution in [3.8, 4) is 0 Å². The van der Waals surface area contributed by atoms with Crippen molar-refractivity contribution in [1.29, 1.82) is 0 Å². The first kappa shape index (κ1) is 16.2. The summed E-state index contributed by atoms with van der Waals surface area (Å²) in [5.41, 5.74) is 0. The highest BCUT2D eigenvalue weighted by molar-refractivity contribution is 5.67. The number of carbonyl (C=O) groups excluding carboxylic acids is 1. The fourth-order valence-corrected chi connectivity index (χ4v) is 2.38. The third kappa shape index (κ3) is 6.25. The van der Waals surface area contributed by atoms with Crippen LogP contribution >= 0.6 is 0 Å². The van der Waals surface area contributed by atoms with E-state index < -0.39 is 0 Å². The Balaban J connectivity index is 2.20. The van der Waals surface area contributed by atoms with Gasteiger partial charge in [-0.25, -0.2) is 4.79 Å². The lowest BCUT2D eigenvalue weighted by molar-refractivity contribution is 0.0942. The van der Waals surface area contributed by atoms with Gasteiger partial charge in [0.25, 0.3) is 0 Å². The lowest BCUT2D eigenvalue weighted by Gasteiger charge is -2.33. The molecule has 5 nitrogen and oxygen atoms in total. The third-order valence-electron chi connectivity index (χ3n) is 3.55. The Labute approximate surface area is 117 Å². The van der Waals surface area contributed by atoms with E-state index >= 15 is 0 Å². The van der Waals surface area contributed by atoms with E-state index in [4.69, 9.17) is 4.74 Å². The molecule has 1 amide bonds. The van der Waals surface area contributed by atoms with Crippen LogP contribution in [-0.2, 0) is 4.74 Å². The molecule has 1 N–H and O–H groups in total. The number of rotatable bonds is 6. The zero-order chi connectivity index (χ0) is 14.3. The first-order valence-corrected chi connectivity index (χ1v) is 7.35. The van der Waals surface area contributed by atoms with Gasteiger partial charge in [-0.05, 0) is 53.8 Å². The minimum Gasteiger partial charge on any atom is -0.450 e. The average Bonchev–Trinajstić information content (AvgIpc) is 2.37. The van der Waals surface area contributed by atoms with Crippen LogP contribution in [0.15, 0.2) is 0 Å². The van der Waals surface area contributed by atoms with Gasteiger partial charge < -0.3 is 19.9 Å². The molecule has 1 saturated heterocycles. The highest BCUT2D eigenvalue weighted by Crippen LogP contribution is 2.12. The Morgan fingerprint density at radius 3 is 2.58 bits per heavy atom. The molecule has 0 bridgehead atoms. The molecule has 1 atom stereocenters. The molecule has 1 heterocycles. The van der Waals surface area contributed by atoms with Crippen LogP contribution in [0.3, 0.4) is 0 Å². The van der Waals surface area contributed by atoms with Crippen molar-refractivity contribution in [3.63, 3.8) is 0 Å². The Kier molecular flexibility index (Phi) is 7.16. The summed E-state index contributed by atoms with van der Waals surface area (Å²) >= 11 is 0. The predicted octanol–water partition coefficient (Wildman–Crippen LogP) is 1.54. The van der Waals surface area contributed by atoms with Crippen molar-refractivity contribution < 1.29 is 9.53 Å². The van der Waals surface area contributed by atoms with Crippen LogP contribution in [0.25, 0.3) is 0 Å². The second-order valence-corrected chi connectivity index (χ2v) is 5.62. The minimum absolute atomic E-state index is 0.165. The smallest absolute Gasteiger partial charge is 0.409 e. The molecule has 5 heteroatoms. The standard InChI is InChI=1S/C14H29N3O2/c1-5-19-14(18)17-10-7-13(8-11-17)15-12(2)6-9-16(3)4/h12-13,15H,5-11H2,1-4H3. The third-order valence-corrected chi connectivity index (χ3v) is 3.55. The van der Waals surface area contributed by atoms with Gasteiger partial charge in [-0.3, -0.25) is 0 Å². The maximum absolute atomic E-state index is 11.6. The monoisotopic (exact) mass is 271 g/mol. The number of amides is 1. The summed E-state index contributed by atoms with van der Waals surface area (Å²) in [6.45, 7) is 7.25. The zero-order valence-electron chi connectivity index (χ0n) is 12.8. The number of hydrogen-bond acceptors (Lipinski definition) is 4. The van der Waals surface area contributed by atoms with Gasteiger partial charge in [0, 0.05) is 25.2 Å². The molecule has 1 fully saturated rings. The average molecular weight is 271 g/mol. The Hall–Kier alpha value is -0.810. The number of nitrogens with one attached hydrogen (secondary N) is 1. The summed E-state index contributed by atoms with van der Waals surface area (Å²) in [5.74, 6) is 0. The van der Waals surface area contributed by atoms with Crippen molar-refractivity contribution in [1.82, 2.24) is 15.1 Å². The van der Waals surface area contributed by atoms with Gasteiger partial charge in [-0.15, -0.1) is 0 Å². The van der Waals surface area contributed by atoms with Crippen LogP contribution in [-0.4, -0.2) is 68.3 Å². The summed E-state index contributed by atoms with van der Waals surface area (Å²) < 4.78 is 5.02.